The van der Waals surface area contributed by atoms with Crippen molar-refractivity contribution in [3.8, 4) is 23.1 Å². The predicted octanol–water partition coefficient (Wildman–Crippen LogP) is 4.46. The molecule has 3 aliphatic heterocycles. The average molecular weight is 558 g/mol. The highest BCUT2D eigenvalue weighted by Crippen LogP contribution is 2.37. The van der Waals surface area contributed by atoms with Crippen molar-refractivity contribution in [1.82, 2.24) is 14.8 Å². The van der Waals surface area contributed by atoms with Gasteiger partial charge in [-0.05, 0) is 44.0 Å². The van der Waals surface area contributed by atoms with Crippen LogP contribution in [0.4, 0.5) is 5.13 Å². The van der Waals surface area contributed by atoms with E-state index in [1.54, 1.807) is 11.3 Å². The number of aryl methyl sites for hydroxylation is 1. The second-order valence-electron chi connectivity index (χ2n) is 11.2. The molecule has 2 aromatic carbocycles. The Morgan fingerprint density at radius 2 is 2.15 bits per heavy atom. The van der Waals surface area contributed by atoms with Gasteiger partial charge in [0, 0.05) is 54.6 Å². The van der Waals surface area contributed by atoms with Crippen molar-refractivity contribution in [3.63, 3.8) is 0 Å². The molecule has 4 heterocycles. The van der Waals surface area contributed by atoms with Crippen molar-refractivity contribution in [2.24, 2.45) is 5.92 Å². The number of aromatic nitrogens is 1. The fourth-order valence-electron chi connectivity index (χ4n) is 6.05. The van der Waals surface area contributed by atoms with Gasteiger partial charge in [0.2, 0.25) is 0 Å². The lowest BCUT2D eigenvalue weighted by atomic mass is 10.00. The third kappa shape index (κ3) is 5.50. The first-order valence-corrected chi connectivity index (χ1v) is 14.9. The highest BCUT2D eigenvalue weighted by molar-refractivity contribution is 7.14. The van der Waals surface area contributed by atoms with Gasteiger partial charge in [0.1, 0.15) is 18.6 Å². The number of thiazole rings is 1. The molecule has 6 rings (SSSR count). The number of hydrogen-bond acceptors (Lipinski definition) is 9. The zero-order chi connectivity index (χ0) is 27.6. The van der Waals surface area contributed by atoms with Crippen LogP contribution in [0, 0.1) is 24.2 Å². The Labute approximate surface area is 239 Å². The van der Waals surface area contributed by atoms with Gasteiger partial charge in [0.15, 0.2) is 5.13 Å². The van der Waals surface area contributed by atoms with Crippen LogP contribution in [-0.2, 0) is 22.7 Å². The van der Waals surface area contributed by atoms with Gasteiger partial charge in [-0.25, -0.2) is 4.98 Å². The maximum atomic E-state index is 11.5. The molecule has 1 aromatic heterocycles. The largest absolute Gasteiger partial charge is 0.488 e. The number of fused-ring (bicyclic) bond motifs is 2. The average Bonchev–Trinajstić information content (AvgIpc) is 3.55. The molecule has 0 aliphatic carbocycles. The van der Waals surface area contributed by atoms with Gasteiger partial charge in [-0.2, -0.15) is 5.26 Å². The summed E-state index contributed by atoms with van der Waals surface area (Å²) in [5, 5.41) is 13.0. The van der Waals surface area contributed by atoms with Crippen LogP contribution in [0.5, 0.6) is 5.75 Å². The van der Waals surface area contributed by atoms with Crippen LogP contribution in [-0.4, -0.2) is 72.7 Å². The SMILES string of the molecule is Cc1ccc(OCc2ccc(CN3CCOCC3C)cc2C#N)c(-c2csc(N3CC4CCN(C3)[C@H]4C=O)n2)c1. The molecule has 3 aromatic rings. The Morgan fingerprint density at radius 1 is 1.25 bits per heavy atom. The van der Waals surface area contributed by atoms with E-state index >= 15 is 0 Å². The molecular formula is C31H35N5O3S. The number of aldehydes is 1. The smallest absolute Gasteiger partial charge is 0.186 e. The molecule has 0 amide bonds. The van der Waals surface area contributed by atoms with Crippen molar-refractivity contribution in [2.45, 2.75) is 45.5 Å². The van der Waals surface area contributed by atoms with Gasteiger partial charge in [0.05, 0.1) is 43.3 Å². The lowest BCUT2D eigenvalue weighted by Crippen LogP contribution is -2.51. The third-order valence-electron chi connectivity index (χ3n) is 8.38. The van der Waals surface area contributed by atoms with Crippen LogP contribution in [0.3, 0.4) is 0 Å². The number of hydrogen-bond donors (Lipinski definition) is 0. The number of rotatable bonds is 8. The van der Waals surface area contributed by atoms with Crippen LogP contribution in [0.15, 0.2) is 41.8 Å². The molecule has 2 bridgehead atoms. The summed E-state index contributed by atoms with van der Waals surface area (Å²) in [4.78, 5) is 23.5. The van der Waals surface area contributed by atoms with E-state index in [1.807, 2.05) is 24.3 Å². The Balaban J connectivity index is 1.17. The van der Waals surface area contributed by atoms with Crippen molar-refractivity contribution in [3.05, 3.63) is 64.0 Å². The summed E-state index contributed by atoms with van der Waals surface area (Å²) in [5.41, 5.74) is 5.61. The zero-order valence-electron chi connectivity index (χ0n) is 23.1. The number of nitrogens with zero attached hydrogens (tertiary/aromatic N) is 5. The van der Waals surface area contributed by atoms with E-state index in [4.69, 9.17) is 14.5 Å². The molecule has 9 heteroatoms. The predicted molar refractivity (Wildman–Crippen MR) is 155 cm³/mol. The zero-order valence-corrected chi connectivity index (χ0v) is 23.9. The number of ether oxygens (including phenoxy) is 2. The molecule has 3 unspecified atom stereocenters. The highest BCUT2D eigenvalue weighted by Gasteiger charge is 2.40. The van der Waals surface area contributed by atoms with E-state index in [-0.39, 0.29) is 6.04 Å². The fourth-order valence-corrected chi connectivity index (χ4v) is 6.88. The van der Waals surface area contributed by atoms with Crippen LogP contribution in [0.25, 0.3) is 11.3 Å². The van der Waals surface area contributed by atoms with Gasteiger partial charge >= 0.3 is 0 Å². The molecule has 8 nitrogen and oxygen atoms in total. The van der Waals surface area contributed by atoms with Crippen molar-refractivity contribution in [1.29, 1.82) is 5.26 Å². The van der Waals surface area contributed by atoms with E-state index in [0.717, 1.165) is 97.6 Å². The Bertz CT molecular complexity index is 1400. The summed E-state index contributed by atoms with van der Waals surface area (Å²) in [6, 6.07) is 15.0. The molecule has 3 saturated heterocycles. The van der Waals surface area contributed by atoms with Gasteiger partial charge in [-0.3, -0.25) is 9.80 Å². The van der Waals surface area contributed by atoms with Crippen LogP contribution in [0.2, 0.25) is 0 Å². The van der Waals surface area contributed by atoms with Crippen molar-refractivity contribution in [2.75, 3.05) is 44.4 Å². The van der Waals surface area contributed by atoms with Crippen LogP contribution < -0.4 is 9.64 Å². The molecule has 3 aliphatic rings. The molecule has 40 heavy (non-hydrogen) atoms. The minimum Gasteiger partial charge on any atom is -0.488 e. The molecule has 0 N–H and O–H groups in total. The van der Waals surface area contributed by atoms with Crippen molar-refractivity contribution < 1.29 is 14.3 Å². The number of nitriles is 1. The van der Waals surface area contributed by atoms with E-state index in [1.165, 1.54) is 0 Å². The maximum absolute atomic E-state index is 11.5. The van der Waals surface area contributed by atoms with Crippen LogP contribution in [0.1, 0.15) is 35.6 Å². The summed E-state index contributed by atoms with van der Waals surface area (Å²) in [5.74, 6) is 1.12. The third-order valence-corrected chi connectivity index (χ3v) is 9.28. The summed E-state index contributed by atoms with van der Waals surface area (Å²) >= 11 is 1.63. The Hall–Kier alpha value is -3.29. The summed E-state index contributed by atoms with van der Waals surface area (Å²) in [6.07, 6.45) is 2.17. The standard InChI is InChI=1S/C31H35N5O3S/c1-21-3-6-30(39-18-25-5-4-23(12-26(25)13-32)14-34-9-10-38-17-22(34)2)27(11-21)28-19-40-31(33-28)36-15-24-7-8-35(20-36)29(24)16-37/h3-6,11-12,16,19,22,24,29H,7-10,14-15,17-18,20H2,1-2H3/t22?,24?,29-/m0/s1. The van der Waals surface area contributed by atoms with Crippen LogP contribution >= 0.6 is 11.3 Å². The normalized spacial score (nSPS) is 24.6. The minimum atomic E-state index is 0.0442. The fraction of sp³-hybridized carbons (Fsp3) is 0.452. The number of carbonyl (C=O) groups excluding carboxylic acids is 1. The second kappa shape index (κ2) is 11.7. The van der Waals surface area contributed by atoms with Gasteiger partial charge in [0.25, 0.3) is 0 Å². The molecule has 0 spiro atoms. The number of carbonyl (C=O) groups is 1. The number of anilines is 1. The number of benzene rings is 2. The summed E-state index contributed by atoms with van der Waals surface area (Å²) < 4.78 is 11.9. The first-order chi connectivity index (χ1) is 19.5. The molecule has 3 fully saturated rings. The molecule has 0 saturated carbocycles. The van der Waals surface area contributed by atoms with E-state index < -0.39 is 0 Å². The molecule has 208 valence electrons. The summed E-state index contributed by atoms with van der Waals surface area (Å²) in [7, 11) is 0. The second-order valence-corrected chi connectivity index (χ2v) is 12.0. The Morgan fingerprint density at radius 3 is 2.95 bits per heavy atom. The van der Waals surface area contributed by atoms with Gasteiger partial charge < -0.3 is 19.2 Å². The quantitative estimate of drug-likeness (QED) is 0.376. The maximum Gasteiger partial charge on any atom is 0.186 e. The Kier molecular flexibility index (Phi) is 7.85. The lowest BCUT2D eigenvalue weighted by molar-refractivity contribution is -0.113. The number of morpholine rings is 1. The van der Waals surface area contributed by atoms with E-state index in [9.17, 15) is 10.1 Å². The lowest BCUT2D eigenvalue weighted by Gasteiger charge is -2.37. The molecule has 0 radical (unpaired) electrons. The first kappa shape index (κ1) is 26.9. The van der Waals surface area contributed by atoms with E-state index in [2.05, 4.69) is 52.1 Å². The monoisotopic (exact) mass is 557 g/mol. The van der Waals surface area contributed by atoms with Crippen molar-refractivity contribution >= 4 is 22.8 Å². The van der Waals surface area contributed by atoms with E-state index in [0.29, 0.717) is 24.1 Å². The molecule has 4 atom stereocenters. The summed E-state index contributed by atoms with van der Waals surface area (Å²) in [6.45, 7) is 10.3. The van der Waals surface area contributed by atoms with Gasteiger partial charge in [-0.15, -0.1) is 11.3 Å². The van der Waals surface area contributed by atoms with Gasteiger partial charge in [-0.1, -0.05) is 23.8 Å². The molecular weight excluding hydrogens is 522 g/mol. The topological polar surface area (TPSA) is 81.9 Å². The first-order valence-electron chi connectivity index (χ1n) is 14.0. The minimum absolute atomic E-state index is 0.0442. The highest BCUT2D eigenvalue weighted by atomic mass is 32.1.